The molecule has 0 aliphatic heterocycles. The first-order valence-corrected chi connectivity index (χ1v) is 15.9. The van der Waals surface area contributed by atoms with Crippen molar-refractivity contribution in [2.45, 2.75) is 116 Å². The summed E-state index contributed by atoms with van der Waals surface area (Å²) in [6.45, 7) is 5.79. The third-order valence-electron chi connectivity index (χ3n) is 6.08. The van der Waals surface area contributed by atoms with Crippen LogP contribution in [0.5, 0.6) is 0 Å². The number of quaternary nitrogens is 1. The molecule has 0 bridgehead atoms. The van der Waals surface area contributed by atoms with Crippen LogP contribution in [0.2, 0.25) is 0 Å². The van der Waals surface area contributed by atoms with Crippen LogP contribution in [0.4, 0.5) is 0 Å². The summed E-state index contributed by atoms with van der Waals surface area (Å²) in [4.78, 5) is 22.3. The lowest BCUT2D eigenvalue weighted by Gasteiger charge is -2.24. The maximum atomic E-state index is 12.3. The summed E-state index contributed by atoms with van der Waals surface area (Å²) in [6, 6.07) is 0. The molecular formula is C27H58N2O6P+. The van der Waals surface area contributed by atoms with Crippen molar-refractivity contribution in [3.8, 4) is 0 Å². The van der Waals surface area contributed by atoms with Crippen LogP contribution < -0.4 is 5.32 Å². The van der Waals surface area contributed by atoms with E-state index in [1.165, 1.54) is 64.2 Å². The number of nitrogens with zero attached hydrogens (tertiary/aromatic N) is 1. The van der Waals surface area contributed by atoms with Gasteiger partial charge in [-0.25, -0.2) is 4.57 Å². The first-order chi connectivity index (χ1) is 17.1. The van der Waals surface area contributed by atoms with Gasteiger partial charge in [-0.2, -0.15) is 0 Å². The molecule has 8 nitrogen and oxygen atoms in total. The van der Waals surface area contributed by atoms with Gasteiger partial charge in [-0.15, -0.1) is 0 Å². The number of likely N-dealkylation sites (N-methyl/N-ethyl adjacent to an activating group) is 1. The van der Waals surface area contributed by atoms with E-state index in [-0.39, 0.29) is 25.7 Å². The number of amides is 1. The summed E-state index contributed by atoms with van der Waals surface area (Å²) >= 11 is 0. The van der Waals surface area contributed by atoms with Gasteiger partial charge in [-0.1, -0.05) is 90.9 Å². The number of rotatable bonds is 26. The molecule has 2 unspecified atom stereocenters. The van der Waals surface area contributed by atoms with Gasteiger partial charge in [0.15, 0.2) is 0 Å². The van der Waals surface area contributed by atoms with Crippen molar-refractivity contribution in [2.75, 3.05) is 54.1 Å². The highest BCUT2D eigenvalue weighted by molar-refractivity contribution is 7.47. The Morgan fingerprint density at radius 2 is 1.33 bits per heavy atom. The van der Waals surface area contributed by atoms with E-state index in [0.717, 1.165) is 25.7 Å². The predicted octanol–water partition coefficient (Wildman–Crippen LogP) is 6.22. The van der Waals surface area contributed by atoms with Gasteiger partial charge in [-0.05, 0) is 12.8 Å². The van der Waals surface area contributed by atoms with Crippen LogP contribution in [0.25, 0.3) is 0 Å². The zero-order valence-electron chi connectivity index (χ0n) is 24.1. The number of unbranched alkanes of at least 4 members (excludes halogenated alkanes) is 12. The minimum Gasteiger partial charge on any atom is -0.374 e. The average Bonchev–Trinajstić information content (AvgIpc) is 2.80. The van der Waals surface area contributed by atoms with E-state index in [4.69, 9.17) is 13.8 Å². The molecule has 2 atom stereocenters. The molecule has 0 radical (unpaired) electrons. The SMILES string of the molecule is CCCCCCCCCCCC(=O)NCC(COP(=O)(O)OCC[N+](C)(C)C)OCCCCCCC. The minimum absolute atomic E-state index is 0.0131. The summed E-state index contributed by atoms with van der Waals surface area (Å²) in [5, 5.41) is 2.91. The Balaban J connectivity index is 4.31. The molecule has 0 aromatic rings. The van der Waals surface area contributed by atoms with Crippen molar-refractivity contribution in [3.63, 3.8) is 0 Å². The summed E-state index contributed by atoms with van der Waals surface area (Å²) in [5.41, 5.74) is 0. The second-order valence-electron chi connectivity index (χ2n) is 10.9. The van der Waals surface area contributed by atoms with Gasteiger partial charge < -0.3 is 19.4 Å². The molecule has 0 fully saturated rings. The monoisotopic (exact) mass is 537 g/mol. The third-order valence-corrected chi connectivity index (χ3v) is 7.06. The topological polar surface area (TPSA) is 94.1 Å². The molecule has 0 aliphatic carbocycles. The highest BCUT2D eigenvalue weighted by Crippen LogP contribution is 2.43. The minimum atomic E-state index is -4.17. The quantitative estimate of drug-likeness (QED) is 0.0773. The van der Waals surface area contributed by atoms with Crippen LogP contribution >= 0.6 is 7.82 Å². The van der Waals surface area contributed by atoms with E-state index >= 15 is 0 Å². The smallest absolute Gasteiger partial charge is 0.374 e. The second kappa shape index (κ2) is 22.5. The Morgan fingerprint density at radius 3 is 1.89 bits per heavy atom. The number of nitrogens with one attached hydrogen (secondary N) is 1. The Hall–Kier alpha value is -0.500. The molecule has 216 valence electrons. The van der Waals surface area contributed by atoms with Crippen molar-refractivity contribution >= 4 is 13.7 Å². The molecule has 1 amide bonds. The number of hydrogen-bond acceptors (Lipinski definition) is 5. The van der Waals surface area contributed by atoms with Crippen molar-refractivity contribution in [2.24, 2.45) is 0 Å². The van der Waals surface area contributed by atoms with Crippen LogP contribution in [0.1, 0.15) is 110 Å². The maximum Gasteiger partial charge on any atom is 0.472 e. The molecule has 0 spiro atoms. The van der Waals surface area contributed by atoms with Gasteiger partial charge in [0.25, 0.3) is 0 Å². The Kier molecular flexibility index (Phi) is 22.2. The predicted molar refractivity (Wildman–Crippen MR) is 148 cm³/mol. The molecule has 9 heteroatoms. The molecule has 0 aliphatic rings. The zero-order valence-corrected chi connectivity index (χ0v) is 25.0. The van der Waals surface area contributed by atoms with Crippen LogP contribution in [0.3, 0.4) is 0 Å². The lowest BCUT2D eigenvalue weighted by molar-refractivity contribution is -0.870. The maximum absolute atomic E-state index is 12.3. The molecular weight excluding hydrogens is 479 g/mol. The van der Waals surface area contributed by atoms with Crippen molar-refractivity contribution < 1.29 is 32.5 Å². The fourth-order valence-electron chi connectivity index (χ4n) is 3.68. The standard InChI is InChI=1S/C27H57N2O6P/c1-6-8-10-12-13-14-15-16-18-20-27(30)28-24-26(33-22-19-17-11-9-7-2)25-35-36(31,32)34-23-21-29(3,4)5/h26H,6-25H2,1-5H3,(H-,28,30,31,32)/p+1. The van der Waals surface area contributed by atoms with Crippen molar-refractivity contribution in [1.82, 2.24) is 5.32 Å². The summed E-state index contributed by atoms with van der Waals surface area (Å²) in [5.74, 6) is -0.0131. The van der Waals surface area contributed by atoms with Crippen molar-refractivity contribution in [1.29, 1.82) is 0 Å². The molecule has 0 saturated heterocycles. The Morgan fingerprint density at radius 1 is 0.806 bits per heavy atom. The summed E-state index contributed by atoms with van der Waals surface area (Å²) in [7, 11) is 1.77. The average molecular weight is 538 g/mol. The van der Waals surface area contributed by atoms with Crippen LogP contribution in [0, 0.1) is 0 Å². The van der Waals surface area contributed by atoms with Gasteiger partial charge in [0, 0.05) is 19.6 Å². The fraction of sp³-hybridized carbons (Fsp3) is 0.963. The van der Waals surface area contributed by atoms with Crippen LogP contribution in [-0.4, -0.2) is 75.4 Å². The van der Waals surface area contributed by atoms with Gasteiger partial charge >= 0.3 is 7.82 Å². The highest BCUT2D eigenvalue weighted by Gasteiger charge is 2.25. The van der Waals surface area contributed by atoms with Gasteiger partial charge in [0.05, 0.1) is 33.9 Å². The van der Waals surface area contributed by atoms with Crippen LogP contribution in [-0.2, 0) is 23.1 Å². The number of carbonyl (C=O) groups is 1. The van der Waals surface area contributed by atoms with Gasteiger partial charge in [0.2, 0.25) is 5.91 Å². The molecule has 0 heterocycles. The normalized spacial score (nSPS) is 14.5. The molecule has 0 aromatic carbocycles. The summed E-state index contributed by atoms with van der Waals surface area (Å²) in [6.07, 6.45) is 16.5. The Labute approximate surface area is 222 Å². The van der Waals surface area contributed by atoms with Crippen LogP contribution in [0.15, 0.2) is 0 Å². The summed E-state index contributed by atoms with van der Waals surface area (Å²) < 4.78 is 29.1. The zero-order chi connectivity index (χ0) is 27.1. The largest absolute Gasteiger partial charge is 0.472 e. The van der Waals surface area contributed by atoms with Gasteiger partial charge in [0.1, 0.15) is 13.2 Å². The third kappa shape index (κ3) is 25.2. The Bertz CT molecular complexity index is 571. The fourth-order valence-corrected chi connectivity index (χ4v) is 4.42. The first kappa shape index (κ1) is 35.5. The number of ether oxygens (including phenoxy) is 1. The number of hydrogen-bond donors (Lipinski definition) is 2. The first-order valence-electron chi connectivity index (χ1n) is 14.4. The lowest BCUT2D eigenvalue weighted by Crippen LogP contribution is -2.37. The molecule has 2 N–H and O–H groups in total. The van der Waals surface area contributed by atoms with E-state index in [9.17, 15) is 14.3 Å². The van der Waals surface area contributed by atoms with Crippen molar-refractivity contribution in [3.05, 3.63) is 0 Å². The van der Waals surface area contributed by atoms with E-state index < -0.39 is 13.9 Å². The molecule has 0 rings (SSSR count). The number of carbonyl (C=O) groups excluding carboxylic acids is 1. The molecule has 36 heavy (non-hydrogen) atoms. The van der Waals surface area contributed by atoms with E-state index in [1.54, 1.807) is 0 Å². The van der Waals surface area contributed by atoms with E-state index in [0.29, 0.717) is 24.1 Å². The van der Waals surface area contributed by atoms with Gasteiger partial charge in [-0.3, -0.25) is 13.8 Å². The van der Waals surface area contributed by atoms with E-state index in [2.05, 4.69) is 19.2 Å². The molecule has 0 saturated carbocycles. The lowest BCUT2D eigenvalue weighted by atomic mass is 10.1. The number of phosphoric ester groups is 1. The number of phosphoric acid groups is 1. The second-order valence-corrected chi connectivity index (χ2v) is 12.4. The highest BCUT2D eigenvalue weighted by atomic mass is 31.2. The molecule has 0 aromatic heterocycles. The van der Waals surface area contributed by atoms with E-state index in [1.807, 2.05) is 21.1 Å².